The summed E-state index contributed by atoms with van der Waals surface area (Å²) in [6.45, 7) is 6.61. The highest BCUT2D eigenvalue weighted by molar-refractivity contribution is 7.85. The zero-order chi connectivity index (χ0) is 24.3. The van der Waals surface area contributed by atoms with E-state index < -0.39 is 33.5 Å². The Kier molecular flexibility index (Phi) is 8.02. The summed E-state index contributed by atoms with van der Waals surface area (Å²) in [6, 6.07) is 3.23. The molecule has 0 saturated carbocycles. The van der Waals surface area contributed by atoms with Crippen LogP contribution in [0.15, 0.2) is 12.1 Å². The number of nitrogens with one attached hydrogen (secondary N) is 2. The predicted octanol–water partition coefficient (Wildman–Crippen LogP) is 2.26. The van der Waals surface area contributed by atoms with Gasteiger partial charge in [0.1, 0.15) is 5.56 Å². The van der Waals surface area contributed by atoms with Crippen LogP contribution in [-0.4, -0.2) is 58.9 Å². The minimum absolute atomic E-state index is 0.00696. The van der Waals surface area contributed by atoms with Crippen LogP contribution in [0.3, 0.4) is 0 Å². The molecule has 0 unspecified atom stereocenters. The van der Waals surface area contributed by atoms with Crippen molar-refractivity contribution in [1.29, 1.82) is 0 Å². The maximum atomic E-state index is 12.7. The monoisotopic (exact) mass is 470 g/mol. The summed E-state index contributed by atoms with van der Waals surface area (Å²) in [5, 5.41) is 5.40. The van der Waals surface area contributed by atoms with Crippen LogP contribution in [0.4, 0.5) is 11.4 Å². The van der Waals surface area contributed by atoms with Crippen LogP contribution < -0.4 is 10.6 Å². The van der Waals surface area contributed by atoms with Crippen molar-refractivity contribution < 1.29 is 36.5 Å². The summed E-state index contributed by atoms with van der Waals surface area (Å²) in [5.74, 6) is -1.87. The van der Waals surface area contributed by atoms with Gasteiger partial charge in [0, 0.05) is 24.9 Å². The lowest BCUT2D eigenvalue weighted by molar-refractivity contribution is -0.123. The van der Waals surface area contributed by atoms with Crippen LogP contribution >= 0.6 is 0 Å². The van der Waals surface area contributed by atoms with E-state index in [9.17, 15) is 22.8 Å². The quantitative estimate of drug-likeness (QED) is 0.457. The average molecular weight is 471 g/mol. The Labute approximate surface area is 188 Å². The maximum Gasteiger partial charge on any atom is 0.342 e. The number of benzene rings is 1. The second-order valence-electron chi connectivity index (χ2n) is 8.62. The van der Waals surface area contributed by atoms with Crippen molar-refractivity contribution >= 4 is 39.3 Å². The molecule has 2 rings (SSSR count). The van der Waals surface area contributed by atoms with Gasteiger partial charge in [-0.1, -0.05) is 26.8 Å². The first-order valence-corrected chi connectivity index (χ1v) is 11.9. The Balaban J connectivity index is 2.59. The summed E-state index contributed by atoms with van der Waals surface area (Å²) in [7, 11) is -2.48. The number of anilines is 2. The second kappa shape index (κ2) is 9.97. The van der Waals surface area contributed by atoms with Gasteiger partial charge in [0.2, 0.25) is 11.8 Å². The van der Waals surface area contributed by atoms with Crippen LogP contribution in [0, 0.1) is 5.41 Å². The van der Waals surface area contributed by atoms with E-state index in [2.05, 4.69) is 10.6 Å². The summed E-state index contributed by atoms with van der Waals surface area (Å²) < 4.78 is 38.3. The third kappa shape index (κ3) is 6.50. The molecule has 0 spiro atoms. The molecule has 1 aromatic rings. The molecule has 0 aromatic heterocycles. The lowest BCUT2D eigenvalue weighted by atomic mass is 9.88. The van der Waals surface area contributed by atoms with Gasteiger partial charge in [0.05, 0.1) is 37.5 Å². The average Bonchev–Trinajstić information content (AvgIpc) is 3.12. The minimum atomic E-state index is -3.68. The molecule has 0 aliphatic carbocycles. The molecule has 0 bridgehead atoms. The molecule has 2 N–H and O–H groups in total. The Morgan fingerprint density at radius 3 is 2.38 bits per heavy atom. The van der Waals surface area contributed by atoms with Crippen molar-refractivity contribution in [3.05, 3.63) is 23.3 Å². The maximum absolute atomic E-state index is 12.7. The van der Waals surface area contributed by atoms with E-state index in [-0.39, 0.29) is 35.4 Å². The number of carbonyl (C=O) groups is 3. The van der Waals surface area contributed by atoms with Crippen LogP contribution in [-0.2, 0) is 33.4 Å². The molecular weight excluding hydrogens is 440 g/mol. The Bertz CT molecular complexity index is 998. The van der Waals surface area contributed by atoms with Gasteiger partial charge in [0.15, 0.2) is 0 Å². The fourth-order valence-corrected chi connectivity index (χ4v) is 3.71. The van der Waals surface area contributed by atoms with Crippen molar-refractivity contribution in [2.75, 3.05) is 37.2 Å². The molecule has 1 heterocycles. The minimum Gasteiger partial charge on any atom is -0.465 e. The van der Waals surface area contributed by atoms with E-state index >= 15 is 0 Å². The third-order valence-electron chi connectivity index (χ3n) is 4.91. The fraction of sp³-hybridized carbons (Fsp3) is 0.571. The number of hydrogen-bond acceptors (Lipinski definition) is 8. The van der Waals surface area contributed by atoms with Gasteiger partial charge in [-0.25, -0.2) is 4.79 Å². The molecule has 0 radical (unpaired) electrons. The molecule has 1 aliphatic heterocycles. The zero-order valence-corrected chi connectivity index (χ0v) is 19.9. The van der Waals surface area contributed by atoms with Gasteiger partial charge in [-0.3, -0.25) is 13.8 Å². The first-order chi connectivity index (χ1) is 14.7. The first kappa shape index (κ1) is 25.8. The molecule has 32 heavy (non-hydrogen) atoms. The number of carbonyl (C=O) groups excluding carboxylic acids is 3. The van der Waals surface area contributed by atoms with E-state index in [1.54, 1.807) is 32.9 Å². The Morgan fingerprint density at radius 1 is 1.19 bits per heavy atom. The van der Waals surface area contributed by atoms with Crippen molar-refractivity contribution in [3.63, 3.8) is 0 Å². The molecule has 2 atom stereocenters. The van der Waals surface area contributed by atoms with Gasteiger partial charge in [0.25, 0.3) is 10.1 Å². The number of amides is 2. The summed E-state index contributed by atoms with van der Waals surface area (Å²) in [6.07, 6.45) is 0.846. The predicted molar refractivity (Wildman–Crippen MR) is 118 cm³/mol. The molecule has 178 valence electrons. The highest BCUT2D eigenvalue weighted by Gasteiger charge is 2.35. The number of methoxy groups -OCH3 is 1. The molecule has 1 saturated heterocycles. The molecule has 11 heteroatoms. The SMILES string of the molecule is COC(=O)c1c(NC(=O)C(C)(C)C)ccc([C@@H]2CCO[C@@H]2COS(C)(=O)=O)c1NC(C)=O. The van der Waals surface area contributed by atoms with Gasteiger partial charge >= 0.3 is 5.97 Å². The Hall–Kier alpha value is -2.50. The zero-order valence-electron chi connectivity index (χ0n) is 19.1. The highest BCUT2D eigenvalue weighted by atomic mass is 32.2. The molecule has 10 nitrogen and oxygen atoms in total. The number of esters is 1. The molecule has 2 amide bonds. The smallest absolute Gasteiger partial charge is 0.342 e. The van der Waals surface area contributed by atoms with E-state index in [1.165, 1.54) is 14.0 Å². The van der Waals surface area contributed by atoms with Crippen LogP contribution in [0.2, 0.25) is 0 Å². The topological polar surface area (TPSA) is 137 Å². The van der Waals surface area contributed by atoms with Crippen LogP contribution in [0.1, 0.15) is 56.0 Å². The third-order valence-corrected chi connectivity index (χ3v) is 5.48. The summed E-state index contributed by atoms with van der Waals surface area (Å²) in [5.41, 5.74) is 0.178. The number of ether oxygens (including phenoxy) is 2. The lowest BCUT2D eigenvalue weighted by Crippen LogP contribution is -2.29. The summed E-state index contributed by atoms with van der Waals surface area (Å²) >= 11 is 0. The molecule has 1 aromatic carbocycles. The first-order valence-electron chi connectivity index (χ1n) is 10.0. The van der Waals surface area contributed by atoms with Gasteiger partial charge in [-0.05, 0) is 18.1 Å². The van der Waals surface area contributed by atoms with E-state index in [1.807, 2.05) is 0 Å². The van der Waals surface area contributed by atoms with E-state index in [0.717, 1.165) is 6.26 Å². The second-order valence-corrected chi connectivity index (χ2v) is 10.3. The van der Waals surface area contributed by atoms with Gasteiger partial charge in [-0.2, -0.15) is 8.42 Å². The van der Waals surface area contributed by atoms with Crippen molar-refractivity contribution in [3.8, 4) is 0 Å². The van der Waals surface area contributed by atoms with Gasteiger partial charge in [-0.15, -0.1) is 0 Å². The molecule has 1 aliphatic rings. The number of rotatable bonds is 7. The van der Waals surface area contributed by atoms with Crippen molar-refractivity contribution in [1.82, 2.24) is 0 Å². The summed E-state index contributed by atoms with van der Waals surface area (Å²) in [4.78, 5) is 37.3. The number of hydrogen-bond donors (Lipinski definition) is 2. The fourth-order valence-electron chi connectivity index (χ4n) is 3.33. The van der Waals surface area contributed by atoms with E-state index in [0.29, 0.717) is 18.6 Å². The Morgan fingerprint density at radius 2 is 1.84 bits per heavy atom. The molecular formula is C21H30N2O8S. The van der Waals surface area contributed by atoms with E-state index in [4.69, 9.17) is 13.7 Å². The van der Waals surface area contributed by atoms with Crippen LogP contribution in [0.5, 0.6) is 0 Å². The van der Waals surface area contributed by atoms with Crippen molar-refractivity contribution in [2.24, 2.45) is 5.41 Å². The molecule has 1 fully saturated rings. The van der Waals surface area contributed by atoms with Crippen LogP contribution in [0.25, 0.3) is 0 Å². The van der Waals surface area contributed by atoms with Crippen molar-refractivity contribution in [2.45, 2.75) is 46.1 Å². The van der Waals surface area contributed by atoms with Gasteiger partial charge < -0.3 is 20.1 Å². The standard InChI is InChI=1S/C21H30N2O8S/c1-12(24)22-18-14(13-9-10-30-16(13)11-31-32(6,27)28)7-8-15(17(18)19(25)29-5)23-20(26)21(2,3)4/h7-8,13,16H,9-11H2,1-6H3,(H,22,24)(H,23,26)/t13-,16+/m0/s1. The highest BCUT2D eigenvalue weighted by Crippen LogP contribution is 2.40. The normalized spacial score (nSPS) is 18.8. The lowest BCUT2D eigenvalue weighted by Gasteiger charge is -2.25. The largest absolute Gasteiger partial charge is 0.465 e.